The molecule has 0 spiro atoms. The molecule has 2 heterocycles. The second kappa shape index (κ2) is 6.41. The largest absolute Gasteiger partial charge is 0.480 e. The van der Waals surface area contributed by atoms with E-state index in [4.69, 9.17) is 9.84 Å². The molecule has 20 heavy (non-hydrogen) atoms. The Hall–Kier alpha value is -1.34. The van der Waals surface area contributed by atoms with Crippen LogP contribution in [0.25, 0.3) is 0 Å². The molecule has 2 aliphatic heterocycles. The number of hydrogen-bond acceptors (Lipinski definition) is 4. The average Bonchev–Trinajstić information content (AvgIpc) is 3.04. The maximum atomic E-state index is 12.4. The van der Waals surface area contributed by atoms with E-state index in [0.29, 0.717) is 13.1 Å². The van der Waals surface area contributed by atoms with E-state index < -0.39 is 18.1 Å². The Labute approximate surface area is 118 Å². The van der Waals surface area contributed by atoms with Gasteiger partial charge in [0.2, 0.25) is 0 Å². The molecule has 2 fully saturated rings. The predicted octanol–water partition coefficient (Wildman–Crippen LogP) is 0.127. The van der Waals surface area contributed by atoms with Gasteiger partial charge >= 0.3 is 12.0 Å². The lowest BCUT2D eigenvalue weighted by molar-refractivity contribution is -0.141. The van der Waals surface area contributed by atoms with E-state index in [9.17, 15) is 14.7 Å². The monoisotopic (exact) mass is 286 g/mol. The highest BCUT2D eigenvalue weighted by Gasteiger charge is 2.40. The van der Waals surface area contributed by atoms with Crippen molar-refractivity contribution in [2.24, 2.45) is 0 Å². The van der Waals surface area contributed by atoms with Gasteiger partial charge in [-0.3, -0.25) is 0 Å². The quantitative estimate of drug-likeness (QED) is 0.766. The topological polar surface area (TPSA) is 90.3 Å². The van der Waals surface area contributed by atoms with E-state index in [1.165, 1.54) is 4.90 Å². The molecule has 2 saturated heterocycles. The number of urea groups is 1. The number of carboxylic acid groups (broad SMARTS) is 1. The Kier molecular flexibility index (Phi) is 4.82. The Bertz CT molecular complexity index is 370. The lowest BCUT2D eigenvalue weighted by Crippen LogP contribution is -2.50. The molecule has 2 rings (SSSR count). The van der Waals surface area contributed by atoms with Crippen LogP contribution in [-0.2, 0) is 9.53 Å². The third kappa shape index (κ3) is 3.21. The number of ether oxygens (including phenoxy) is 1. The van der Waals surface area contributed by atoms with Gasteiger partial charge in [0.05, 0.1) is 12.2 Å². The second-order valence-corrected chi connectivity index (χ2v) is 5.35. The van der Waals surface area contributed by atoms with Gasteiger partial charge in [-0.15, -0.1) is 0 Å². The van der Waals surface area contributed by atoms with Gasteiger partial charge in [0.1, 0.15) is 6.04 Å². The van der Waals surface area contributed by atoms with Gasteiger partial charge in [0.25, 0.3) is 0 Å². The number of aliphatic hydroxyl groups excluding tert-OH is 1. The van der Waals surface area contributed by atoms with Crippen molar-refractivity contribution in [3.63, 3.8) is 0 Å². The molecular weight excluding hydrogens is 264 g/mol. The highest BCUT2D eigenvalue weighted by Crippen LogP contribution is 2.21. The number of β-amino-alcohol motifs (C(OH)–C–C–N with tert-alkyl or cyclic N) is 1. The van der Waals surface area contributed by atoms with Crippen LogP contribution in [0.2, 0.25) is 0 Å². The van der Waals surface area contributed by atoms with Gasteiger partial charge in [-0.05, 0) is 19.8 Å². The molecule has 0 bridgehead atoms. The van der Waals surface area contributed by atoms with Crippen LogP contribution in [-0.4, -0.2) is 76.5 Å². The maximum Gasteiger partial charge on any atom is 0.326 e. The Balaban J connectivity index is 2.01. The van der Waals surface area contributed by atoms with Crippen LogP contribution >= 0.6 is 0 Å². The summed E-state index contributed by atoms with van der Waals surface area (Å²) in [6.07, 6.45) is 1.29. The van der Waals surface area contributed by atoms with Crippen molar-refractivity contribution >= 4 is 12.0 Å². The fraction of sp³-hybridized carbons (Fsp3) is 0.846. The van der Waals surface area contributed by atoms with E-state index in [1.54, 1.807) is 4.90 Å². The summed E-state index contributed by atoms with van der Waals surface area (Å²) in [7, 11) is 0. The zero-order valence-electron chi connectivity index (χ0n) is 11.7. The minimum Gasteiger partial charge on any atom is -0.480 e. The summed E-state index contributed by atoms with van der Waals surface area (Å²) >= 11 is 0. The van der Waals surface area contributed by atoms with E-state index in [0.717, 1.165) is 19.4 Å². The van der Waals surface area contributed by atoms with Crippen LogP contribution in [0, 0.1) is 0 Å². The van der Waals surface area contributed by atoms with Gasteiger partial charge < -0.3 is 24.7 Å². The molecule has 3 unspecified atom stereocenters. The number of carbonyl (C=O) groups is 2. The van der Waals surface area contributed by atoms with Crippen molar-refractivity contribution < 1.29 is 24.5 Å². The molecule has 7 heteroatoms. The fourth-order valence-corrected chi connectivity index (χ4v) is 2.82. The molecule has 2 amide bonds. The number of rotatable bonds is 4. The van der Waals surface area contributed by atoms with Crippen LogP contribution in [0.1, 0.15) is 26.2 Å². The highest BCUT2D eigenvalue weighted by atomic mass is 16.5. The molecule has 0 aliphatic carbocycles. The van der Waals surface area contributed by atoms with Crippen LogP contribution < -0.4 is 0 Å². The average molecular weight is 286 g/mol. The first-order valence-corrected chi connectivity index (χ1v) is 7.11. The molecule has 0 saturated carbocycles. The van der Waals surface area contributed by atoms with E-state index in [-0.39, 0.29) is 25.1 Å². The number of aliphatic carboxylic acids is 1. The summed E-state index contributed by atoms with van der Waals surface area (Å²) < 4.78 is 5.52. The summed E-state index contributed by atoms with van der Waals surface area (Å²) in [5.74, 6) is -1.07. The first-order valence-electron chi connectivity index (χ1n) is 7.11. The summed E-state index contributed by atoms with van der Waals surface area (Å²) in [5, 5.41) is 18.7. The fourth-order valence-electron chi connectivity index (χ4n) is 2.82. The Morgan fingerprint density at radius 2 is 2.20 bits per heavy atom. The molecule has 0 aromatic carbocycles. The van der Waals surface area contributed by atoms with E-state index in [1.807, 2.05) is 6.92 Å². The zero-order chi connectivity index (χ0) is 14.7. The summed E-state index contributed by atoms with van der Waals surface area (Å²) in [5.41, 5.74) is 0. The number of likely N-dealkylation sites (N-methyl/N-ethyl adjacent to an activating group) is 1. The summed E-state index contributed by atoms with van der Waals surface area (Å²) in [6.45, 7) is 3.63. The summed E-state index contributed by atoms with van der Waals surface area (Å²) in [6, 6.07) is -1.26. The third-order valence-electron chi connectivity index (χ3n) is 3.91. The van der Waals surface area contributed by atoms with Crippen molar-refractivity contribution in [1.82, 2.24) is 9.80 Å². The molecular formula is C13H22N2O5. The smallest absolute Gasteiger partial charge is 0.326 e. The van der Waals surface area contributed by atoms with Crippen molar-refractivity contribution in [2.75, 3.05) is 26.2 Å². The lowest BCUT2D eigenvalue weighted by Gasteiger charge is -2.30. The normalized spacial score (nSPS) is 29.7. The number of carbonyl (C=O) groups excluding carboxylic acids is 1. The van der Waals surface area contributed by atoms with Gasteiger partial charge in [-0.1, -0.05) is 0 Å². The number of hydrogen-bond donors (Lipinski definition) is 2. The molecule has 114 valence electrons. The molecule has 2 aliphatic rings. The first-order chi connectivity index (χ1) is 9.52. The van der Waals surface area contributed by atoms with Crippen molar-refractivity contribution in [3.8, 4) is 0 Å². The molecule has 0 radical (unpaired) electrons. The number of likely N-dealkylation sites (tertiary alicyclic amines) is 1. The van der Waals surface area contributed by atoms with Crippen molar-refractivity contribution in [3.05, 3.63) is 0 Å². The van der Waals surface area contributed by atoms with Crippen LogP contribution in [0.4, 0.5) is 4.79 Å². The minimum atomic E-state index is -1.07. The molecule has 2 N–H and O–H groups in total. The van der Waals surface area contributed by atoms with Gasteiger partial charge in [-0.2, -0.15) is 0 Å². The highest BCUT2D eigenvalue weighted by molar-refractivity contribution is 5.83. The van der Waals surface area contributed by atoms with Crippen LogP contribution in [0.3, 0.4) is 0 Å². The number of carboxylic acids is 1. The number of nitrogens with zero attached hydrogens (tertiary/aromatic N) is 2. The van der Waals surface area contributed by atoms with Crippen LogP contribution in [0.15, 0.2) is 0 Å². The SMILES string of the molecule is CCN(CC1CCCO1)C(=O)N1CC(O)CC1C(=O)O. The maximum absolute atomic E-state index is 12.4. The van der Waals surface area contributed by atoms with Crippen LogP contribution in [0.5, 0.6) is 0 Å². The molecule has 0 aromatic heterocycles. The standard InChI is InChI=1S/C13H22N2O5/c1-2-14(8-10-4-3-5-20-10)13(19)15-7-9(16)6-11(15)12(17)18/h9-11,16H,2-8H2,1H3,(H,17,18). The zero-order valence-corrected chi connectivity index (χ0v) is 11.7. The van der Waals surface area contributed by atoms with Crippen molar-refractivity contribution in [1.29, 1.82) is 0 Å². The number of amides is 2. The second-order valence-electron chi connectivity index (χ2n) is 5.35. The molecule has 7 nitrogen and oxygen atoms in total. The Morgan fingerprint density at radius 1 is 1.45 bits per heavy atom. The van der Waals surface area contributed by atoms with Gasteiger partial charge in [-0.25, -0.2) is 9.59 Å². The minimum absolute atomic E-state index is 0.0368. The van der Waals surface area contributed by atoms with Crippen molar-refractivity contribution in [2.45, 2.75) is 44.4 Å². The molecule has 3 atom stereocenters. The first kappa shape index (κ1) is 15.1. The molecule has 0 aromatic rings. The Morgan fingerprint density at radius 3 is 2.75 bits per heavy atom. The lowest BCUT2D eigenvalue weighted by atomic mass is 10.2. The number of aliphatic hydroxyl groups is 1. The van der Waals surface area contributed by atoms with E-state index in [2.05, 4.69) is 0 Å². The van der Waals surface area contributed by atoms with E-state index >= 15 is 0 Å². The summed E-state index contributed by atoms with van der Waals surface area (Å²) in [4.78, 5) is 26.5. The third-order valence-corrected chi connectivity index (χ3v) is 3.91. The predicted molar refractivity (Wildman–Crippen MR) is 70.4 cm³/mol. The van der Waals surface area contributed by atoms with Gasteiger partial charge in [0.15, 0.2) is 0 Å². The van der Waals surface area contributed by atoms with Gasteiger partial charge in [0, 0.05) is 32.7 Å².